The first-order chi connectivity index (χ1) is 12.7. The third-order valence-electron chi connectivity index (χ3n) is 5.26. The van der Waals surface area contributed by atoms with Crippen LogP contribution >= 0.6 is 0 Å². The summed E-state index contributed by atoms with van der Waals surface area (Å²) in [6.07, 6.45) is 0.794. The van der Waals surface area contributed by atoms with Gasteiger partial charge in [0.2, 0.25) is 5.91 Å². The lowest BCUT2D eigenvalue weighted by Gasteiger charge is -2.35. The molecular weight excluding hydrogens is 326 g/mol. The van der Waals surface area contributed by atoms with Crippen LogP contribution in [0.25, 0.3) is 0 Å². The van der Waals surface area contributed by atoms with Crippen molar-refractivity contribution in [1.29, 1.82) is 0 Å². The quantitative estimate of drug-likeness (QED) is 0.844. The monoisotopic (exact) mass is 349 g/mol. The van der Waals surface area contributed by atoms with Crippen molar-refractivity contribution in [3.63, 3.8) is 0 Å². The molecule has 2 heterocycles. The average Bonchev–Trinajstić information content (AvgIpc) is 3.00. The van der Waals surface area contributed by atoms with E-state index in [-0.39, 0.29) is 18.5 Å². The van der Waals surface area contributed by atoms with Crippen molar-refractivity contribution < 1.29 is 9.59 Å². The molecule has 2 aromatic rings. The number of carbonyl (C=O) groups excluding carboxylic acids is 2. The Balaban J connectivity index is 1.45. The molecule has 0 radical (unpaired) electrons. The largest absolute Gasteiger partial charge is 0.329 e. The Morgan fingerprint density at radius 3 is 2.50 bits per heavy atom. The van der Waals surface area contributed by atoms with Gasteiger partial charge in [-0.2, -0.15) is 0 Å². The summed E-state index contributed by atoms with van der Waals surface area (Å²) in [4.78, 5) is 27.1. The van der Waals surface area contributed by atoms with Crippen molar-refractivity contribution in [2.24, 2.45) is 0 Å². The Morgan fingerprint density at radius 1 is 0.962 bits per heavy atom. The normalized spacial score (nSPS) is 20.2. The zero-order chi connectivity index (χ0) is 17.9. The number of nitrogens with one attached hydrogen (secondary N) is 1. The third-order valence-corrected chi connectivity index (χ3v) is 5.26. The Labute approximate surface area is 153 Å². The van der Waals surface area contributed by atoms with Gasteiger partial charge in [0.25, 0.3) is 0 Å². The lowest BCUT2D eigenvalue weighted by molar-refractivity contribution is -0.125. The number of benzene rings is 2. The summed E-state index contributed by atoms with van der Waals surface area (Å²) in [5.41, 5.74) is 4.10. The lowest BCUT2D eigenvalue weighted by Crippen LogP contribution is -2.37. The molecule has 0 unspecified atom stereocenters. The van der Waals surface area contributed by atoms with Crippen LogP contribution in [0.1, 0.15) is 29.0 Å². The van der Waals surface area contributed by atoms with Crippen LogP contribution in [0.3, 0.4) is 0 Å². The van der Waals surface area contributed by atoms with E-state index < -0.39 is 0 Å². The number of nitrogens with zero attached hydrogens (tertiary/aromatic N) is 2. The highest BCUT2D eigenvalue weighted by atomic mass is 16.2. The second-order valence-electron chi connectivity index (χ2n) is 6.95. The summed E-state index contributed by atoms with van der Waals surface area (Å²) in [5.74, 6) is 0.235. The maximum atomic E-state index is 11.7. The molecule has 1 N–H and O–H groups in total. The Hall–Kier alpha value is -2.66. The maximum Gasteiger partial charge on any atom is 0.324 e. The SMILES string of the molecule is O=C1CNC(=O)N1CCCN1Cc2ccccc2[C@H](c2ccccc2)C1. The van der Waals surface area contributed by atoms with Gasteiger partial charge in [0.05, 0.1) is 6.54 Å². The Bertz CT molecular complexity index is 790. The number of amides is 3. The van der Waals surface area contributed by atoms with Gasteiger partial charge < -0.3 is 5.32 Å². The molecule has 5 nitrogen and oxygen atoms in total. The highest BCUT2D eigenvalue weighted by Gasteiger charge is 2.29. The minimum Gasteiger partial charge on any atom is -0.329 e. The summed E-state index contributed by atoms with van der Waals surface area (Å²) in [6.45, 7) is 3.36. The van der Waals surface area contributed by atoms with E-state index in [0.717, 1.165) is 26.1 Å². The molecule has 26 heavy (non-hydrogen) atoms. The zero-order valence-electron chi connectivity index (χ0n) is 14.7. The van der Waals surface area contributed by atoms with Crippen LogP contribution in [0.2, 0.25) is 0 Å². The van der Waals surface area contributed by atoms with E-state index in [0.29, 0.717) is 12.5 Å². The molecule has 5 heteroatoms. The molecule has 1 fully saturated rings. The number of carbonyl (C=O) groups is 2. The highest BCUT2D eigenvalue weighted by Crippen LogP contribution is 2.33. The lowest BCUT2D eigenvalue weighted by atomic mass is 9.84. The van der Waals surface area contributed by atoms with E-state index in [1.165, 1.54) is 21.6 Å². The summed E-state index contributed by atoms with van der Waals surface area (Å²) in [6, 6.07) is 19.0. The molecule has 0 bridgehead atoms. The van der Waals surface area contributed by atoms with E-state index in [1.807, 2.05) is 6.07 Å². The molecule has 134 valence electrons. The van der Waals surface area contributed by atoms with Crippen molar-refractivity contribution >= 4 is 11.9 Å². The standard InChI is InChI=1S/C21H23N3O2/c25-20-13-22-21(26)24(20)12-6-11-23-14-17-9-4-5-10-18(17)19(15-23)16-7-2-1-3-8-16/h1-5,7-10,19H,6,11-15H2,(H,22,26)/t19-/m0/s1. The van der Waals surface area contributed by atoms with Gasteiger partial charge in [0, 0.05) is 32.1 Å². The summed E-state index contributed by atoms with van der Waals surface area (Å²) < 4.78 is 0. The topological polar surface area (TPSA) is 52.7 Å². The third kappa shape index (κ3) is 3.35. The summed E-state index contributed by atoms with van der Waals surface area (Å²) in [7, 11) is 0. The van der Waals surface area contributed by atoms with Gasteiger partial charge in [-0.15, -0.1) is 0 Å². The molecule has 4 rings (SSSR count). The predicted molar refractivity (Wildman–Crippen MR) is 99.7 cm³/mol. The van der Waals surface area contributed by atoms with E-state index in [1.54, 1.807) is 0 Å². The fourth-order valence-corrected chi connectivity index (χ4v) is 3.95. The molecule has 0 aliphatic carbocycles. The average molecular weight is 349 g/mol. The second kappa shape index (κ2) is 7.30. The van der Waals surface area contributed by atoms with Crippen LogP contribution in [-0.4, -0.2) is 47.9 Å². The number of rotatable bonds is 5. The molecule has 0 saturated carbocycles. The van der Waals surface area contributed by atoms with Crippen LogP contribution in [-0.2, 0) is 11.3 Å². The minimum absolute atomic E-state index is 0.124. The van der Waals surface area contributed by atoms with Crippen molar-refractivity contribution in [1.82, 2.24) is 15.1 Å². The smallest absolute Gasteiger partial charge is 0.324 e. The first-order valence-corrected chi connectivity index (χ1v) is 9.15. The molecule has 2 aliphatic heterocycles. The van der Waals surface area contributed by atoms with Crippen molar-refractivity contribution in [2.75, 3.05) is 26.2 Å². The fraction of sp³-hybridized carbons (Fsp3) is 0.333. The minimum atomic E-state index is -0.263. The molecule has 2 aromatic carbocycles. The van der Waals surface area contributed by atoms with Crippen molar-refractivity contribution in [3.05, 3.63) is 71.3 Å². The maximum absolute atomic E-state index is 11.7. The molecular formula is C21H23N3O2. The van der Waals surface area contributed by atoms with E-state index in [9.17, 15) is 9.59 Å². The predicted octanol–water partition coefficient (Wildman–Crippen LogP) is 2.58. The molecule has 1 saturated heterocycles. The van der Waals surface area contributed by atoms with Crippen LogP contribution in [0.5, 0.6) is 0 Å². The highest BCUT2D eigenvalue weighted by molar-refractivity contribution is 6.01. The molecule has 0 spiro atoms. The number of fused-ring (bicyclic) bond motifs is 1. The Kier molecular flexibility index (Phi) is 4.71. The van der Waals surface area contributed by atoms with Crippen LogP contribution in [0.4, 0.5) is 4.79 Å². The van der Waals surface area contributed by atoms with Gasteiger partial charge in [0.15, 0.2) is 0 Å². The number of imide groups is 1. The number of hydrogen-bond acceptors (Lipinski definition) is 3. The molecule has 0 aromatic heterocycles. The van der Waals surface area contributed by atoms with Gasteiger partial charge in [-0.3, -0.25) is 14.6 Å². The summed E-state index contributed by atoms with van der Waals surface area (Å²) >= 11 is 0. The second-order valence-corrected chi connectivity index (χ2v) is 6.95. The van der Waals surface area contributed by atoms with E-state index in [2.05, 4.69) is 58.7 Å². The van der Waals surface area contributed by atoms with Crippen LogP contribution < -0.4 is 5.32 Å². The van der Waals surface area contributed by atoms with Gasteiger partial charge in [-0.05, 0) is 23.1 Å². The molecule has 1 atom stereocenters. The zero-order valence-corrected chi connectivity index (χ0v) is 14.7. The Morgan fingerprint density at radius 2 is 1.73 bits per heavy atom. The van der Waals surface area contributed by atoms with Crippen molar-refractivity contribution in [2.45, 2.75) is 18.9 Å². The first kappa shape index (κ1) is 16.8. The van der Waals surface area contributed by atoms with Gasteiger partial charge in [-0.25, -0.2) is 4.79 Å². The molecule has 3 amide bonds. The number of urea groups is 1. The first-order valence-electron chi connectivity index (χ1n) is 9.15. The van der Waals surface area contributed by atoms with E-state index >= 15 is 0 Å². The summed E-state index contributed by atoms with van der Waals surface area (Å²) in [5, 5.41) is 2.57. The van der Waals surface area contributed by atoms with Crippen molar-refractivity contribution in [3.8, 4) is 0 Å². The number of hydrogen-bond donors (Lipinski definition) is 1. The fourth-order valence-electron chi connectivity index (χ4n) is 3.95. The van der Waals surface area contributed by atoms with E-state index in [4.69, 9.17) is 0 Å². The van der Waals surface area contributed by atoms with Gasteiger partial charge in [-0.1, -0.05) is 54.6 Å². The van der Waals surface area contributed by atoms with Gasteiger partial charge >= 0.3 is 6.03 Å². The van der Waals surface area contributed by atoms with Gasteiger partial charge in [0.1, 0.15) is 0 Å². The van der Waals surface area contributed by atoms with Crippen LogP contribution in [0, 0.1) is 0 Å². The molecule has 2 aliphatic rings. The van der Waals surface area contributed by atoms with Crippen LogP contribution in [0.15, 0.2) is 54.6 Å².